The highest BCUT2D eigenvalue weighted by Gasteiger charge is 2.30. The molecule has 3 aliphatic carbocycles. The molecule has 0 aromatic carbocycles. The van der Waals surface area contributed by atoms with Crippen molar-refractivity contribution in [2.24, 2.45) is 0 Å². The van der Waals surface area contributed by atoms with Gasteiger partial charge in [-0.05, 0) is 59.3 Å². The third-order valence-electron chi connectivity index (χ3n) is 7.88. The first kappa shape index (κ1) is 38.3. The van der Waals surface area contributed by atoms with Gasteiger partial charge in [0, 0.05) is 17.8 Å². The highest BCUT2D eigenvalue weighted by molar-refractivity contribution is 5.71. The number of hydrogen-bond donors (Lipinski definition) is 3. The van der Waals surface area contributed by atoms with Crippen LogP contribution in [0.15, 0.2) is 9.59 Å². The van der Waals surface area contributed by atoms with Crippen molar-refractivity contribution in [3.8, 4) is 23.5 Å². The Hall–Kier alpha value is -5.55. The van der Waals surface area contributed by atoms with Crippen LogP contribution in [0, 0.1) is 20.8 Å². The summed E-state index contributed by atoms with van der Waals surface area (Å²) in [4.78, 5) is 78.2. The topological polar surface area (TPSA) is 244 Å². The van der Waals surface area contributed by atoms with Crippen molar-refractivity contribution in [1.82, 2.24) is 29.9 Å². The normalized spacial score (nSPS) is 14.5. The molecule has 0 bridgehead atoms. The molecule has 0 spiro atoms. The van der Waals surface area contributed by atoms with Crippen molar-refractivity contribution >= 4 is 17.9 Å². The largest absolute Gasteiger partial charge is 0.493 e. The summed E-state index contributed by atoms with van der Waals surface area (Å²) in [7, 11) is 3.83. The molecule has 3 aliphatic rings. The van der Waals surface area contributed by atoms with Gasteiger partial charge in [-0.1, -0.05) is 0 Å². The third-order valence-corrected chi connectivity index (χ3v) is 7.88. The van der Waals surface area contributed by atoms with E-state index >= 15 is 0 Å². The van der Waals surface area contributed by atoms with Gasteiger partial charge in [0.25, 0.3) is 11.1 Å². The zero-order chi connectivity index (χ0) is 37.2. The Morgan fingerprint density at radius 3 is 1.33 bits per heavy atom. The van der Waals surface area contributed by atoms with E-state index in [9.17, 15) is 29.1 Å². The number of aromatic nitrogens is 6. The van der Waals surface area contributed by atoms with Crippen LogP contribution in [0.25, 0.3) is 0 Å². The molecule has 51 heavy (non-hydrogen) atoms. The minimum absolute atomic E-state index is 0.138. The lowest BCUT2D eigenvalue weighted by molar-refractivity contribution is -0.143. The van der Waals surface area contributed by atoms with Gasteiger partial charge in [-0.2, -0.15) is 19.9 Å². The number of nitrogens with zero attached hydrogens (tertiary/aromatic N) is 4. The first-order valence-corrected chi connectivity index (χ1v) is 16.2. The van der Waals surface area contributed by atoms with E-state index in [0.717, 1.165) is 38.5 Å². The van der Waals surface area contributed by atoms with Crippen molar-refractivity contribution in [2.45, 2.75) is 77.0 Å². The minimum atomic E-state index is -0.511. The Morgan fingerprint density at radius 2 is 0.961 bits per heavy atom. The van der Waals surface area contributed by atoms with Gasteiger partial charge in [0.2, 0.25) is 23.5 Å². The fraction of sp³-hybridized carbons (Fsp3) is 0.545. The molecule has 18 heteroatoms. The van der Waals surface area contributed by atoms with E-state index in [4.69, 9.17) is 14.2 Å². The standard InChI is InChI=1S/C14H18N2O6.C11H14N2O4.C8H10N2O2/c1-8-13(21-6-10(17)19-2)15-12(9-4-5-9)16-14(8)22-7-11(18)20-3;1-6-10(15)12-9(7-3-4-7)13-11(6)17-5-8(14)16-2;1-4-7(11)9-6(5-2-3-5)10-8(4)12/h9H,4-7H2,1-3H3;7H,3-5H2,1-2H3,(H,12,13,15);5H,2-3H2,1H3,(H2,9,10,11,12). The highest BCUT2D eigenvalue weighted by atomic mass is 16.6. The van der Waals surface area contributed by atoms with Gasteiger partial charge in [0.15, 0.2) is 19.8 Å². The summed E-state index contributed by atoms with van der Waals surface area (Å²) >= 11 is 0. The monoisotopic (exact) mass is 714 g/mol. The van der Waals surface area contributed by atoms with Crippen LogP contribution in [-0.2, 0) is 28.6 Å². The highest BCUT2D eigenvalue weighted by Crippen LogP contribution is 2.41. The number of ether oxygens (including phenoxy) is 6. The predicted molar refractivity (Wildman–Crippen MR) is 176 cm³/mol. The summed E-state index contributed by atoms with van der Waals surface area (Å²) in [5.74, 6) is 1.86. The van der Waals surface area contributed by atoms with Gasteiger partial charge in [0.05, 0.1) is 38.0 Å². The van der Waals surface area contributed by atoms with Crippen molar-refractivity contribution in [3.63, 3.8) is 0 Å². The number of hydrogen-bond acceptors (Lipinski definition) is 16. The van der Waals surface area contributed by atoms with E-state index in [1.807, 2.05) is 0 Å². The summed E-state index contributed by atoms with van der Waals surface area (Å²) in [6.45, 7) is 4.10. The van der Waals surface area contributed by atoms with Gasteiger partial charge in [-0.25, -0.2) is 14.4 Å². The van der Waals surface area contributed by atoms with Crippen LogP contribution in [0.2, 0.25) is 0 Å². The lowest BCUT2D eigenvalue weighted by Crippen LogP contribution is -2.19. The molecule has 0 unspecified atom stereocenters. The number of aromatic amines is 2. The SMILES string of the molecule is COC(=O)COc1nc(C2CC2)[nH]c(=O)c1C.COC(=O)COc1nc(C2CC2)nc(OCC(=O)OC)c1C.Cc1c(O)nc(C2CC2)[nH]c1=O. The average molecular weight is 715 g/mol. The number of nitrogens with one attached hydrogen (secondary N) is 2. The van der Waals surface area contributed by atoms with Crippen LogP contribution in [0.3, 0.4) is 0 Å². The molecule has 18 nitrogen and oxygen atoms in total. The van der Waals surface area contributed by atoms with E-state index in [0.29, 0.717) is 46.0 Å². The molecule has 0 saturated heterocycles. The molecule has 0 aliphatic heterocycles. The molecule has 6 rings (SSSR count). The molecule has 0 amide bonds. The van der Waals surface area contributed by atoms with Crippen molar-refractivity contribution in [1.29, 1.82) is 0 Å². The molecule has 3 N–H and O–H groups in total. The Balaban J connectivity index is 0.000000179. The van der Waals surface area contributed by atoms with Crippen molar-refractivity contribution < 1.29 is 47.9 Å². The number of methoxy groups -OCH3 is 3. The fourth-order valence-electron chi connectivity index (χ4n) is 4.16. The van der Waals surface area contributed by atoms with Crippen molar-refractivity contribution in [2.75, 3.05) is 41.2 Å². The zero-order valence-electron chi connectivity index (χ0n) is 29.3. The van der Waals surface area contributed by atoms with Crippen LogP contribution < -0.4 is 25.3 Å². The summed E-state index contributed by atoms with van der Waals surface area (Å²) < 4.78 is 29.4. The molecule has 3 aromatic rings. The number of esters is 3. The Morgan fingerprint density at radius 1 is 0.588 bits per heavy atom. The van der Waals surface area contributed by atoms with Gasteiger partial charge < -0.3 is 43.5 Å². The maximum absolute atomic E-state index is 11.6. The lowest BCUT2D eigenvalue weighted by atomic mass is 10.3. The maximum atomic E-state index is 11.6. The molecule has 3 aromatic heterocycles. The molecule has 0 radical (unpaired) electrons. The van der Waals surface area contributed by atoms with Crippen LogP contribution in [0.5, 0.6) is 23.5 Å². The Labute approximate surface area is 292 Å². The zero-order valence-corrected chi connectivity index (χ0v) is 29.3. The number of carbonyl (C=O) groups is 3. The van der Waals surface area contributed by atoms with E-state index in [-0.39, 0.29) is 60.4 Å². The van der Waals surface area contributed by atoms with Crippen LogP contribution in [0.4, 0.5) is 0 Å². The molecule has 276 valence electrons. The second-order valence-electron chi connectivity index (χ2n) is 12.0. The van der Waals surface area contributed by atoms with Crippen LogP contribution >= 0.6 is 0 Å². The number of aromatic hydroxyl groups is 1. The maximum Gasteiger partial charge on any atom is 0.343 e. The second-order valence-corrected chi connectivity index (χ2v) is 12.0. The second kappa shape index (κ2) is 17.4. The van der Waals surface area contributed by atoms with Crippen molar-refractivity contribution in [3.05, 3.63) is 54.9 Å². The van der Waals surface area contributed by atoms with Gasteiger partial charge >= 0.3 is 17.9 Å². The van der Waals surface area contributed by atoms with E-state index < -0.39 is 17.9 Å². The Kier molecular flexibility index (Phi) is 13.1. The summed E-state index contributed by atoms with van der Waals surface area (Å²) in [6, 6.07) is 0. The third kappa shape index (κ3) is 11.2. The molecule has 0 atom stereocenters. The van der Waals surface area contributed by atoms with Gasteiger partial charge in [-0.3, -0.25) is 9.59 Å². The first-order chi connectivity index (χ1) is 24.3. The predicted octanol–water partition coefficient (Wildman–Crippen LogP) is 1.93. The summed E-state index contributed by atoms with van der Waals surface area (Å²) in [5.41, 5.74) is 0.723. The van der Waals surface area contributed by atoms with Gasteiger partial charge in [0.1, 0.15) is 17.5 Å². The number of rotatable bonds is 12. The molecule has 3 heterocycles. The minimum Gasteiger partial charge on any atom is -0.493 e. The molecular formula is C33H42N6O12. The first-order valence-electron chi connectivity index (χ1n) is 16.2. The lowest BCUT2D eigenvalue weighted by Gasteiger charge is -2.13. The smallest absolute Gasteiger partial charge is 0.343 e. The molecule has 3 fully saturated rings. The van der Waals surface area contributed by atoms with Crippen LogP contribution in [0.1, 0.15) is 90.4 Å². The molecule has 3 saturated carbocycles. The Bertz CT molecular complexity index is 1810. The summed E-state index contributed by atoms with van der Waals surface area (Å²) in [5, 5.41) is 9.23. The van der Waals surface area contributed by atoms with E-state index in [1.54, 1.807) is 20.8 Å². The average Bonchev–Trinajstić information content (AvgIpc) is 3.95. The fourth-order valence-corrected chi connectivity index (χ4v) is 4.16. The van der Waals surface area contributed by atoms with Gasteiger partial charge in [-0.15, -0.1) is 0 Å². The quantitative estimate of drug-likeness (QED) is 0.179. The summed E-state index contributed by atoms with van der Waals surface area (Å²) in [6.07, 6.45) is 6.17. The number of H-pyrrole nitrogens is 2. The van der Waals surface area contributed by atoms with E-state index in [2.05, 4.69) is 44.1 Å². The van der Waals surface area contributed by atoms with E-state index in [1.165, 1.54) is 21.3 Å². The van der Waals surface area contributed by atoms with Crippen LogP contribution in [-0.4, -0.2) is 94.1 Å². The number of carbonyl (C=O) groups excluding carboxylic acids is 3. The molecular weight excluding hydrogens is 672 g/mol.